The Kier molecular flexibility index (Phi) is 10.5. The maximum Gasteiger partial charge on any atom is 0.373 e. The van der Waals surface area contributed by atoms with Crippen LogP contribution < -0.4 is 10.6 Å². The van der Waals surface area contributed by atoms with Gasteiger partial charge in [-0.3, -0.25) is 0 Å². The Labute approximate surface area is 273 Å². The van der Waals surface area contributed by atoms with Crippen LogP contribution in [0.5, 0.6) is 0 Å². The molecule has 47 heavy (non-hydrogen) atoms. The summed E-state index contributed by atoms with van der Waals surface area (Å²) in [5.74, 6) is 0.0210. The van der Waals surface area contributed by atoms with Crippen LogP contribution in [-0.4, -0.2) is 24.2 Å². The van der Waals surface area contributed by atoms with Crippen LogP contribution in [0.4, 0.5) is 11.4 Å². The van der Waals surface area contributed by atoms with Gasteiger partial charge in [-0.15, -0.1) is 0 Å². The summed E-state index contributed by atoms with van der Waals surface area (Å²) in [6.45, 7) is 4.70. The van der Waals surface area contributed by atoms with E-state index in [1.165, 1.54) is 23.8 Å². The highest BCUT2D eigenvalue weighted by molar-refractivity contribution is 5.86. The van der Waals surface area contributed by atoms with Gasteiger partial charge in [0.2, 0.25) is 11.5 Å². The number of methoxy groups -OCH3 is 1. The zero-order valence-electron chi connectivity index (χ0n) is 26.4. The molecule has 6 rings (SSSR count). The van der Waals surface area contributed by atoms with E-state index in [0.717, 1.165) is 28.1 Å². The number of aryl methyl sites for hydroxylation is 2. The molecule has 8 heteroatoms. The van der Waals surface area contributed by atoms with Crippen LogP contribution in [0.3, 0.4) is 0 Å². The van der Waals surface area contributed by atoms with Crippen LogP contribution in [0.1, 0.15) is 43.8 Å². The number of esters is 1. The van der Waals surface area contributed by atoms with Crippen molar-refractivity contribution in [3.05, 3.63) is 155 Å². The molecule has 0 amide bonds. The lowest BCUT2D eigenvalue weighted by molar-refractivity contribution is 0.0563. The van der Waals surface area contributed by atoms with E-state index in [9.17, 15) is 9.59 Å². The number of furan rings is 2. The summed E-state index contributed by atoms with van der Waals surface area (Å²) >= 11 is 0. The number of hydrogen-bond donors (Lipinski definition) is 3. The number of nitrogens with one attached hydrogen (secondary N) is 2. The van der Waals surface area contributed by atoms with Gasteiger partial charge in [0.1, 0.15) is 11.5 Å². The summed E-state index contributed by atoms with van der Waals surface area (Å²) < 4.78 is 15.3. The molecule has 0 saturated heterocycles. The van der Waals surface area contributed by atoms with Crippen molar-refractivity contribution >= 4 is 23.3 Å². The van der Waals surface area contributed by atoms with Crippen LogP contribution in [0.25, 0.3) is 22.3 Å². The molecular formula is C39H36N2O6. The number of aromatic carboxylic acids is 1. The van der Waals surface area contributed by atoms with E-state index >= 15 is 0 Å². The Morgan fingerprint density at radius 3 is 1.36 bits per heavy atom. The lowest BCUT2D eigenvalue weighted by atomic mass is 10.1. The fraction of sp³-hybridized carbons (Fsp3) is 0.128. The molecule has 2 heterocycles. The average Bonchev–Trinajstić information content (AvgIpc) is 3.69. The van der Waals surface area contributed by atoms with Crippen LogP contribution in [0.2, 0.25) is 0 Å². The fourth-order valence-electron chi connectivity index (χ4n) is 4.91. The molecule has 0 aliphatic heterocycles. The molecule has 0 fully saturated rings. The van der Waals surface area contributed by atoms with Crippen LogP contribution >= 0.6 is 0 Å². The Morgan fingerprint density at radius 2 is 0.979 bits per heavy atom. The first-order valence-electron chi connectivity index (χ1n) is 15.1. The Hall–Kier alpha value is -6.02. The van der Waals surface area contributed by atoms with E-state index in [0.29, 0.717) is 24.6 Å². The SMILES string of the molecule is COC(=O)c1cc(CNc2ccc(-c3ccccc3)cc2)c(C)o1.Cc1oc(C(=O)O)cc1CNc1ccc(-c2ccccc2)cc1. The predicted octanol–water partition coefficient (Wildman–Crippen LogP) is 9.22. The van der Waals surface area contributed by atoms with E-state index < -0.39 is 11.9 Å². The highest BCUT2D eigenvalue weighted by Crippen LogP contribution is 2.24. The number of carboxylic acids is 1. The van der Waals surface area contributed by atoms with Crippen molar-refractivity contribution in [2.75, 3.05) is 17.7 Å². The summed E-state index contributed by atoms with van der Waals surface area (Å²) in [5, 5.41) is 15.6. The average molecular weight is 629 g/mol. The molecule has 3 N–H and O–H groups in total. The third kappa shape index (κ3) is 8.58. The smallest absolute Gasteiger partial charge is 0.373 e. The molecule has 0 saturated carbocycles. The first-order chi connectivity index (χ1) is 22.8. The summed E-state index contributed by atoms with van der Waals surface area (Å²) in [7, 11) is 1.34. The van der Waals surface area contributed by atoms with Crippen molar-refractivity contribution < 1.29 is 28.3 Å². The van der Waals surface area contributed by atoms with E-state index in [-0.39, 0.29) is 11.5 Å². The predicted molar refractivity (Wildman–Crippen MR) is 184 cm³/mol. The van der Waals surface area contributed by atoms with E-state index in [4.69, 9.17) is 13.9 Å². The van der Waals surface area contributed by atoms with Crippen molar-refractivity contribution in [1.82, 2.24) is 0 Å². The van der Waals surface area contributed by atoms with Gasteiger partial charge >= 0.3 is 11.9 Å². The number of carboxylic acid groups (broad SMARTS) is 1. The highest BCUT2D eigenvalue weighted by atomic mass is 16.5. The molecule has 0 atom stereocenters. The summed E-state index contributed by atoms with van der Waals surface area (Å²) in [5.41, 5.74) is 8.46. The highest BCUT2D eigenvalue weighted by Gasteiger charge is 2.15. The second kappa shape index (κ2) is 15.3. The van der Waals surface area contributed by atoms with Gasteiger partial charge in [-0.1, -0.05) is 84.9 Å². The van der Waals surface area contributed by atoms with Gasteiger partial charge in [0, 0.05) is 35.6 Å². The van der Waals surface area contributed by atoms with Crippen molar-refractivity contribution in [2.45, 2.75) is 26.9 Å². The van der Waals surface area contributed by atoms with Gasteiger partial charge in [-0.05, 0) is 72.5 Å². The Bertz CT molecular complexity index is 1910. The van der Waals surface area contributed by atoms with E-state index in [1.807, 2.05) is 67.6 Å². The fourth-order valence-corrected chi connectivity index (χ4v) is 4.91. The lowest BCUT2D eigenvalue weighted by Gasteiger charge is -2.07. The zero-order chi connectivity index (χ0) is 33.2. The molecule has 238 valence electrons. The minimum Gasteiger partial charge on any atom is -0.475 e. The van der Waals surface area contributed by atoms with Gasteiger partial charge in [0.05, 0.1) is 7.11 Å². The largest absolute Gasteiger partial charge is 0.475 e. The number of carbonyl (C=O) groups is 2. The molecule has 0 radical (unpaired) electrons. The molecule has 0 spiro atoms. The topological polar surface area (TPSA) is 114 Å². The van der Waals surface area contributed by atoms with E-state index in [2.05, 4.69) is 63.9 Å². The Balaban J connectivity index is 0.000000185. The first kappa shape index (κ1) is 32.4. The number of rotatable bonds is 10. The molecular weight excluding hydrogens is 592 g/mol. The normalized spacial score (nSPS) is 10.4. The Morgan fingerprint density at radius 1 is 0.596 bits per heavy atom. The summed E-state index contributed by atoms with van der Waals surface area (Å²) in [6, 6.07) is 40.1. The molecule has 2 aromatic heterocycles. The first-order valence-corrected chi connectivity index (χ1v) is 15.1. The van der Waals surface area contributed by atoms with Crippen molar-refractivity contribution in [1.29, 1.82) is 0 Å². The van der Waals surface area contributed by atoms with Crippen LogP contribution in [0.15, 0.2) is 130 Å². The summed E-state index contributed by atoms with van der Waals surface area (Å²) in [4.78, 5) is 22.4. The zero-order valence-corrected chi connectivity index (χ0v) is 26.4. The van der Waals surface area contributed by atoms with Gasteiger partial charge in [-0.2, -0.15) is 0 Å². The lowest BCUT2D eigenvalue weighted by Crippen LogP contribution is -2.00. The van der Waals surface area contributed by atoms with Gasteiger partial charge in [-0.25, -0.2) is 9.59 Å². The number of hydrogen-bond acceptors (Lipinski definition) is 7. The number of benzene rings is 4. The number of ether oxygens (including phenoxy) is 1. The third-order valence-electron chi connectivity index (χ3n) is 7.59. The quantitative estimate of drug-likeness (QED) is 0.129. The maximum absolute atomic E-state index is 11.5. The molecule has 8 nitrogen and oxygen atoms in total. The van der Waals surface area contributed by atoms with Gasteiger partial charge < -0.3 is 29.3 Å². The molecule has 0 bridgehead atoms. The summed E-state index contributed by atoms with van der Waals surface area (Å²) in [6.07, 6.45) is 0. The van der Waals surface area contributed by atoms with Crippen LogP contribution in [-0.2, 0) is 17.8 Å². The number of anilines is 2. The van der Waals surface area contributed by atoms with Crippen molar-refractivity contribution in [2.24, 2.45) is 0 Å². The standard InChI is InChI=1S/C20H19NO3.C19H17NO3/c1-14-17(12-19(24-14)20(22)23-2)13-21-18-10-8-16(9-11-18)15-6-4-3-5-7-15;1-13-16(11-18(23-13)19(21)22)12-20-17-9-7-15(8-10-17)14-5-3-2-4-6-14/h3-12,21H,13H2,1-2H3;2-11,20H,12H2,1H3,(H,21,22). The molecule has 0 aliphatic carbocycles. The maximum atomic E-state index is 11.5. The molecule has 4 aromatic carbocycles. The van der Waals surface area contributed by atoms with Gasteiger partial charge in [0.15, 0.2) is 0 Å². The van der Waals surface area contributed by atoms with Crippen LogP contribution in [0, 0.1) is 13.8 Å². The second-order valence-electron chi connectivity index (χ2n) is 10.8. The molecule has 0 aliphatic rings. The molecule has 0 unspecified atom stereocenters. The second-order valence-corrected chi connectivity index (χ2v) is 10.8. The van der Waals surface area contributed by atoms with E-state index in [1.54, 1.807) is 19.1 Å². The third-order valence-corrected chi connectivity index (χ3v) is 7.59. The van der Waals surface area contributed by atoms with Gasteiger partial charge in [0.25, 0.3) is 0 Å². The monoisotopic (exact) mass is 628 g/mol. The minimum atomic E-state index is -1.05. The molecule has 6 aromatic rings. The minimum absolute atomic E-state index is 0.0290. The van der Waals surface area contributed by atoms with Crippen molar-refractivity contribution in [3.8, 4) is 22.3 Å². The number of carbonyl (C=O) groups excluding carboxylic acids is 1. The van der Waals surface area contributed by atoms with Crippen molar-refractivity contribution in [3.63, 3.8) is 0 Å².